The Morgan fingerprint density at radius 2 is 0.620 bits per heavy atom. The van der Waals surface area contributed by atoms with Crippen molar-refractivity contribution in [1.29, 1.82) is 0 Å². The molecule has 0 fully saturated rings. The molecule has 6 aromatic carbocycles. The quantitative estimate of drug-likeness (QED) is 0.0952. The van der Waals surface area contributed by atoms with Gasteiger partial charge in [-0.3, -0.25) is 10.2 Å². The summed E-state index contributed by atoms with van der Waals surface area (Å²) >= 11 is 0. The first-order chi connectivity index (χ1) is 24.1. The highest BCUT2D eigenvalue weighted by Crippen LogP contribution is 2.49. The molecule has 6 aromatic rings. The van der Waals surface area contributed by atoms with Gasteiger partial charge in [0, 0.05) is 23.5 Å². The molecule has 6 rings (SSSR count). The Labute approximate surface area is 285 Å². The minimum atomic E-state index is -3.96. The smallest absolute Gasteiger partial charge is 0.400 e. The van der Waals surface area contributed by atoms with E-state index in [1.54, 1.807) is 121 Å². The number of para-hydroxylation sites is 4. The standard InChI is InChI=1S/2C18H14F2NO3P/c2*19-17-12-11-14(13-18(17)20)21-25(22,23-15-7-3-1-4-8-15)24-16-9-5-2-6-10-16/h2*1-13H,(H,21,22). The highest BCUT2D eigenvalue weighted by molar-refractivity contribution is 7.56. The van der Waals surface area contributed by atoms with E-state index < -0.39 is 38.8 Å². The van der Waals surface area contributed by atoms with Crippen LogP contribution in [-0.2, 0) is 9.13 Å². The summed E-state index contributed by atoms with van der Waals surface area (Å²) in [6.07, 6.45) is 0. The number of benzene rings is 6. The van der Waals surface area contributed by atoms with Crippen molar-refractivity contribution in [3.63, 3.8) is 0 Å². The molecule has 0 aliphatic carbocycles. The fraction of sp³-hybridized carbons (Fsp3) is 0. The van der Waals surface area contributed by atoms with Gasteiger partial charge in [0.1, 0.15) is 23.0 Å². The molecule has 0 atom stereocenters. The molecule has 0 radical (unpaired) electrons. The minimum Gasteiger partial charge on any atom is -0.400 e. The van der Waals surface area contributed by atoms with Crippen LogP contribution < -0.4 is 28.3 Å². The molecule has 0 bridgehead atoms. The van der Waals surface area contributed by atoms with Crippen LogP contribution in [0, 0.1) is 23.3 Å². The van der Waals surface area contributed by atoms with Gasteiger partial charge in [0.15, 0.2) is 23.3 Å². The SMILES string of the molecule is O=P(Nc1ccc(F)c(F)c1)(Oc1ccccc1)Oc1ccccc1.O=P(Nc1ccc(F)c(F)c1)(Oc1ccccc1)Oc1ccccc1. The third kappa shape index (κ3) is 10.7. The molecule has 0 amide bonds. The maximum absolute atomic E-state index is 13.4. The second-order valence-electron chi connectivity index (χ2n) is 10.1. The molecule has 0 saturated heterocycles. The third-order valence-corrected chi connectivity index (χ3v) is 9.12. The van der Waals surface area contributed by atoms with E-state index in [0.717, 1.165) is 24.3 Å². The van der Waals surface area contributed by atoms with Crippen molar-refractivity contribution in [2.24, 2.45) is 0 Å². The van der Waals surface area contributed by atoms with Crippen LogP contribution in [0.3, 0.4) is 0 Å². The Kier molecular flexibility index (Phi) is 11.8. The Morgan fingerprint density at radius 1 is 0.360 bits per heavy atom. The van der Waals surface area contributed by atoms with E-state index in [1.165, 1.54) is 12.1 Å². The first-order valence-electron chi connectivity index (χ1n) is 14.7. The van der Waals surface area contributed by atoms with E-state index in [4.69, 9.17) is 18.1 Å². The van der Waals surface area contributed by atoms with Crippen LogP contribution in [0.1, 0.15) is 0 Å². The largest absolute Gasteiger partial charge is 0.541 e. The summed E-state index contributed by atoms with van der Waals surface area (Å²) in [5.74, 6) is -2.95. The number of hydrogen-bond acceptors (Lipinski definition) is 6. The van der Waals surface area contributed by atoms with E-state index in [9.17, 15) is 26.7 Å². The molecule has 0 aliphatic heterocycles. The first kappa shape index (κ1) is 35.6. The normalized spacial score (nSPS) is 11.0. The summed E-state index contributed by atoms with van der Waals surface area (Å²) in [5.41, 5.74) is 0.128. The van der Waals surface area contributed by atoms with Gasteiger partial charge in [0.2, 0.25) is 0 Å². The van der Waals surface area contributed by atoms with Gasteiger partial charge >= 0.3 is 15.5 Å². The third-order valence-electron chi connectivity index (χ3n) is 6.25. The molecule has 0 spiro atoms. The second kappa shape index (κ2) is 16.6. The number of nitrogens with one attached hydrogen (secondary N) is 2. The predicted molar refractivity (Wildman–Crippen MR) is 183 cm³/mol. The van der Waals surface area contributed by atoms with Crippen LogP contribution in [-0.4, -0.2) is 0 Å². The average molecular weight is 723 g/mol. The zero-order chi connectivity index (χ0) is 35.4. The van der Waals surface area contributed by atoms with E-state index >= 15 is 0 Å². The first-order valence-corrected chi connectivity index (χ1v) is 17.8. The van der Waals surface area contributed by atoms with Crippen molar-refractivity contribution in [1.82, 2.24) is 0 Å². The Morgan fingerprint density at radius 3 is 0.860 bits per heavy atom. The minimum absolute atomic E-state index is 0.0640. The summed E-state index contributed by atoms with van der Waals surface area (Å²) in [4.78, 5) is 0. The van der Waals surface area contributed by atoms with Crippen molar-refractivity contribution in [2.45, 2.75) is 0 Å². The fourth-order valence-corrected chi connectivity index (χ4v) is 6.82. The van der Waals surface area contributed by atoms with Gasteiger partial charge in [-0.05, 0) is 72.8 Å². The summed E-state index contributed by atoms with van der Waals surface area (Å²) in [6, 6.07) is 39.7. The van der Waals surface area contributed by atoms with Gasteiger partial charge in [0.25, 0.3) is 0 Å². The molecule has 50 heavy (non-hydrogen) atoms. The maximum atomic E-state index is 13.4. The van der Waals surface area contributed by atoms with E-state index in [-0.39, 0.29) is 11.4 Å². The van der Waals surface area contributed by atoms with Crippen LogP contribution >= 0.6 is 15.5 Å². The monoisotopic (exact) mass is 722 g/mol. The Bertz CT molecular complexity index is 1840. The van der Waals surface area contributed by atoms with E-state index in [2.05, 4.69) is 10.2 Å². The molecule has 8 nitrogen and oxygen atoms in total. The topological polar surface area (TPSA) is 95.1 Å². The molecular weight excluding hydrogens is 694 g/mol. The van der Waals surface area contributed by atoms with Crippen molar-refractivity contribution >= 4 is 26.9 Å². The summed E-state index contributed by atoms with van der Waals surface area (Å²) in [5, 5.41) is 5.05. The van der Waals surface area contributed by atoms with Crippen LogP contribution in [0.2, 0.25) is 0 Å². The molecule has 2 N–H and O–H groups in total. The summed E-state index contributed by atoms with van der Waals surface area (Å²) < 4.78 is 101. The van der Waals surface area contributed by atoms with Crippen LogP contribution in [0.5, 0.6) is 23.0 Å². The lowest BCUT2D eigenvalue weighted by Gasteiger charge is -2.21. The lowest BCUT2D eigenvalue weighted by Crippen LogP contribution is -2.10. The number of hydrogen-bond donors (Lipinski definition) is 2. The van der Waals surface area contributed by atoms with Crippen LogP contribution in [0.25, 0.3) is 0 Å². The van der Waals surface area contributed by atoms with Crippen molar-refractivity contribution < 1.29 is 44.8 Å². The van der Waals surface area contributed by atoms with Gasteiger partial charge < -0.3 is 18.1 Å². The summed E-state index contributed by atoms with van der Waals surface area (Å²) in [6.45, 7) is 0. The highest BCUT2D eigenvalue weighted by atomic mass is 31.2. The van der Waals surface area contributed by atoms with Crippen molar-refractivity contribution in [2.75, 3.05) is 10.2 Å². The molecule has 0 saturated carbocycles. The molecule has 0 heterocycles. The van der Waals surface area contributed by atoms with E-state index in [0.29, 0.717) is 23.0 Å². The molecule has 14 heteroatoms. The zero-order valence-corrected chi connectivity index (χ0v) is 27.7. The van der Waals surface area contributed by atoms with Gasteiger partial charge in [0.05, 0.1) is 0 Å². The molecule has 0 unspecified atom stereocenters. The number of anilines is 2. The van der Waals surface area contributed by atoms with Gasteiger partial charge in [-0.15, -0.1) is 0 Å². The molecule has 256 valence electrons. The maximum Gasteiger partial charge on any atom is 0.541 e. The zero-order valence-electron chi connectivity index (χ0n) is 25.9. The van der Waals surface area contributed by atoms with E-state index in [1.807, 2.05) is 0 Å². The predicted octanol–water partition coefficient (Wildman–Crippen LogP) is 11.3. The van der Waals surface area contributed by atoms with Gasteiger partial charge in [-0.1, -0.05) is 72.8 Å². The number of rotatable bonds is 12. The summed E-state index contributed by atoms with van der Waals surface area (Å²) in [7, 11) is -7.92. The fourth-order valence-electron chi connectivity index (χ4n) is 4.06. The molecule has 0 aliphatic rings. The Hall–Kier alpha value is -5.70. The lowest BCUT2D eigenvalue weighted by molar-refractivity contribution is 0.391. The lowest BCUT2D eigenvalue weighted by atomic mass is 10.3. The molecule has 0 aromatic heterocycles. The Balaban J connectivity index is 0.000000194. The molecular formula is C36H28F4N2O6P2. The van der Waals surface area contributed by atoms with Crippen LogP contribution in [0.4, 0.5) is 28.9 Å². The number of halogens is 4. The van der Waals surface area contributed by atoms with Gasteiger partial charge in [-0.2, -0.15) is 0 Å². The second-order valence-corrected chi connectivity index (χ2v) is 13.3. The van der Waals surface area contributed by atoms with Crippen molar-refractivity contribution in [3.8, 4) is 23.0 Å². The van der Waals surface area contributed by atoms with Gasteiger partial charge in [-0.25, -0.2) is 26.7 Å². The highest BCUT2D eigenvalue weighted by Gasteiger charge is 2.30. The van der Waals surface area contributed by atoms with Crippen molar-refractivity contribution in [3.05, 3.63) is 181 Å². The van der Waals surface area contributed by atoms with Crippen LogP contribution in [0.15, 0.2) is 158 Å². The average Bonchev–Trinajstić information content (AvgIpc) is 3.10.